The lowest BCUT2D eigenvalue weighted by atomic mass is 9.93. The number of aliphatic hydroxyl groups excluding tert-OH is 1. The van der Waals surface area contributed by atoms with E-state index in [0.717, 1.165) is 43.3 Å². The highest BCUT2D eigenvalue weighted by Crippen LogP contribution is 2.21. The number of aliphatic carboxylic acids is 1. The Morgan fingerprint density at radius 1 is 0.974 bits per heavy atom. The Bertz CT molecular complexity index is 876. The van der Waals surface area contributed by atoms with E-state index in [4.69, 9.17) is 10.8 Å². The average Bonchev–Trinajstić information content (AvgIpc) is 2.75. The molecule has 0 radical (unpaired) electrons. The molecule has 0 aliphatic rings. The molecule has 38 heavy (non-hydrogen) atoms. The first kappa shape index (κ1) is 34.8. The van der Waals surface area contributed by atoms with Crippen LogP contribution in [0, 0.1) is 11.8 Å². The van der Waals surface area contributed by atoms with E-state index in [9.17, 15) is 24.3 Å². The minimum atomic E-state index is -0.979. The van der Waals surface area contributed by atoms with Crippen LogP contribution in [0.1, 0.15) is 79.1 Å². The summed E-state index contributed by atoms with van der Waals surface area (Å²) in [5, 5.41) is 21.3. The van der Waals surface area contributed by atoms with Crippen LogP contribution < -0.4 is 11.1 Å². The number of ketones is 1. The lowest BCUT2D eigenvalue weighted by Gasteiger charge is -2.14. The fraction of sp³-hybridized carbons (Fsp3) is 0.586. The first-order valence-corrected chi connectivity index (χ1v) is 13.1. The number of amides is 2. The van der Waals surface area contributed by atoms with Crippen LogP contribution in [-0.4, -0.2) is 52.7 Å². The summed E-state index contributed by atoms with van der Waals surface area (Å²) in [6, 6.07) is 0. The van der Waals surface area contributed by atoms with Crippen LogP contribution in [0.2, 0.25) is 0 Å². The van der Waals surface area contributed by atoms with Gasteiger partial charge in [-0.15, -0.1) is 0 Å². The number of hydrogen-bond donors (Lipinski definition) is 4. The zero-order valence-electron chi connectivity index (χ0n) is 23.3. The molecule has 9 heteroatoms. The second kappa shape index (κ2) is 19.9. The molecule has 9 nitrogen and oxygen atoms in total. The number of carbonyl (C=O) groups is 4. The number of primary amides is 1. The summed E-state index contributed by atoms with van der Waals surface area (Å²) < 4.78 is 4.67. The van der Waals surface area contributed by atoms with Crippen LogP contribution in [0.4, 0.5) is 4.79 Å². The number of ether oxygens (including phenoxy) is 1. The minimum Gasteiger partial charge on any atom is -0.478 e. The van der Waals surface area contributed by atoms with Gasteiger partial charge in [0, 0.05) is 25.5 Å². The molecule has 5 N–H and O–H groups in total. The van der Waals surface area contributed by atoms with E-state index in [-0.39, 0.29) is 31.1 Å². The Labute approximate surface area is 226 Å². The summed E-state index contributed by atoms with van der Waals surface area (Å²) in [7, 11) is 0. The molecule has 0 aliphatic carbocycles. The van der Waals surface area contributed by atoms with Crippen molar-refractivity contribution in [3.8, 4) is 0 Å². The number of hydrogen-bond acceptors (Lipinski definition) is 6. The molecule has 4 unspecified atom stereocenters. The van der Waals surface area contributed by atoms with Crippen molar-refractivity contribution in [3.63, 3.8) is 0 Å². The summed E-state index contributed by atoms with van der Waals surface area (Å²) in [5.41, 5.74) is 6.90. The first-order chi connectivity index (χ1) is 17.8. The van der Waals surface area contributed by atoms with E-state index in [0.29, 0.717) is 12.3 Å². The molecule has 0 fully saturated rings. The maximum atomic E-state index is 12.2. The second-order valence-electron chi connectivity index (χ2n) is 10.2. The van der Waals surface area contributed by atoms with Crippen LogP contribution in [0.5, 0.6) is 0 Å². The molecular formula is C29H46N2O7. The van der Waals surface area contributed by atoms with Gasteiger partial charge in [-0.3, -0.25) is 9.59 Å². The van der Waals surface area contributed by atoms with Crippen molar-refractivity contribution < 1.29 is 34.1 Å². The Balaban J connectivity index is 4.10. The molecule has 0 saturated carbocycles. The summed E-state index contributed by atoms with van der Waals surface area (Å²) >= 11 is 0. The number of nitrogens with two attached hydrogens (primary N) is 1. The van der Waals surface area contributed by atoms with E-state index in [1.54, 1.807) is 0 Å². The minimum absolute atomic E-state index is 0.0422. The predicted molar refractivity (Wildman–Crippen MR) is 148 cm³/mol. The molecule has 0 aromatic rings. The molecular weight excluding hydrogens is 488 g/mol. The molecule has 0 aliphatic heterocycles. The maximum absolute atomic E-state index is 12.2. The third-order valence-electron chi connectivity index (χ3n) is 5.63. The number of aliphatic hydroxyl groups is 1. The zero-order chi connectivity index (χ0) is 29.1. The molecule has 0 saturated heterocycles. The van der Waals surface area contributed by atoms with Gasteiger partial charge in [-0.05, 0) is 57.8 Å². The Morgan fingerprint density at radius 2 is 1.63 bits per heavy atom. The van der Waals surface area contributed by atoms with Crippen molar-refractivity contribution in [2.45, 2.75) is 91.3 Å². The third-order valence-corrected chi connectivity index (χ3v) is 5.63. The van der Waals surface area contributed by atoms with E-state index in [1.165, 1.54) is 13.0 Å². The van der Waals surface area contributed by atoms with E-state index in [2.05, 4.69) is 29.6 Å². The maximum Gasteiger partial charge on any atom is 0.404 e. The van der Waals surface area contributed by atoms with Crippen molar-refractivity contribution >= 4 is 23.8 Å². The average molecular weight is 535 g/mol. The quantitative estimate of drug-likeness (QED) is 0.101. The highest BCUT2D eigenvalue weighted by Gasteiger charge is 2.16. The van der Waals surface area contributed by atoms with Gasteiger partial charge in [-0.2, -0.15) is 0 Å². The summed E-state index contributed by atoms with van der Waals surface area (Å²) in [5.74, 6) is -0.914. The predicted octanol–water partition coefficient (Wildman–Crippen LogP) is 4.61. The van der Waals surface area contributed by atoms with Crippen LogP contribution in [0.25, 0.3) is 0 Å². The van der Waals surface area contributed by atoms with Gasteiger partial charge in [0.25, 0.3) is 0 Å². The number of carboxylic acids is 1. The molecule has 214 valence electrons. The van der Waals surface area contributed by atoms with Crippen molar-refractivity contribution in [1.82, 2.24) is 5.32 Å². The van der Waals surface area contributed by atoms with Gasteiger partial charge >= 0.3 is 12.1 Å². The third kappa shape index (κ3) is 20.9. The molecule has 2 amide bonds. The van der Waals surface area contributed by atoms with Crippen molar-refractivity contribution in [2.75, 3.05) is 6.54 Å². The first-order valence-electron chi connectivity index (χ1n) is 13.1. The number of nitrogens with one attached hydrogen (secondary N) is 1. The van der Waals surface area contributed by atoms with E-state index >= 15 is 0 Å². The number of carbonyl (C=O) groups excluding carboxylic acids is 3. The lowest BCUT2D eigenvalue weighted by molar-refractivity contribution is -0.131. The lowest BCUT2D eigenvalue weighted by Crippen LogP contribution is -2.35. The molecule has 0 heterocycles. The van der Waals surface area contributed by atoms with Crippen molar-refractivity contribution in [1.29, 1.82) is 0 Å². The highest BCUT2D eigenvalue weighted by atomic mass is 16.6. The molecule has 0 aromatic carbocycles. The Hall–Kier alpha value is -3.20. The second-order valence-corrected chi connectivity index (χ2v) is 10.2. The van der Waals surface area contributed by atoms with Gasteiger partial charge in [-0.1, -0.05) is 55.9 Å². The molecule has 0 bridgehead atoms. The fourth-order valence-corrected chi connectivity index (χ4v) is 4.03. The zero-order valence-corrected chi connectivity index (χ0v) is 23.3. The number of rotatable bonds is 20. The number of allylic oxidation sites excluding steroid dienone is 6. The molecule has 4 atom stereocenters. The van der Waals surface area contributed by atoms with Crippen LogP contribution in [-0.2, 0) is 19.1 Å². The highest BCUT2D eigenvalue weighted by molar-refractivity contribution is 5.80. The molecule has 0 spiro atoms. The fourth-order valence-electron chi connectivity index (χ4n) is 4.03. The van der Waals surface area contributed by atoms with Crippen molar-refractivity contribution in [2.24, 2.45) is 17.6 Å². The van der Waals surface area contributed by atoms with Gasteiger partial charge in [0.1, 0.15) is 11.9 Å². The monoisotopic (exact) mass is 534 g/mol. The van der Waals surface area contributed by atoms with E-state index < -0.39 is 30.2 Å². The molecule has 0 rings (SSSR count). The standard InChI is InChI=1S/C29H46N2O7/c1-20(13-22(3)14-23(4)16-28(35)36)11-9-7-6-8-10-12-21(2)15-25(32)18-26(33)19-31-27(34)17-24(5)38-29(30)37/h6-8,10,16,21-22,24,26,33H,1,9,11-15,17-19H2,2-5H3,(H2,30,37)(H,31,34)(H,35,36). The number of Topliss-reactive ketones (excluding diaryl/α,β-unsaturated/α-hetero) is 1. The van der Waals surface area contributed by atoms with Gasteiger partial charge in [0.05, 0.1) is 12.5 Å². The van der Waals surface area contributed by atoms with Gasteiger partial charge in [0.15, 0.2) is 0 Å². The summed E-state index contributed by atoms with van der Waals surface area (Å²) in [4.78, 5) is 45.4. The number of carboxylic acid groups (broad SMARTS) is 1. The largest absolute Gasteiger partial charge is 0.478 e. The van der Waals surface area contributed by atoms with Crippen LogP contribution in [0.3, 0.4) is 0 Å². The summed E-state index contributed by atoms with van der Waals surface area (Å²) in [6.45, 7) is 11.5. The Morgan fingerprint density at radius 3 is 2.26 bits per heavy atom. The smallest absolute Gasteiger partial charge is 0.404 e. The Kier molecular flexibility index (Phi) is 18.2. The molecule has 0 aromatic heterocycles. The topological polar surface area (TPSA) is 156 Å². The van der Waals surface area contributed by atoms with Gasteiger partial charge in [0.2, 0.25) is 5.91 Å². The van der Waals surface area contributed by atoms with E-state index in [1.807, 2.05) is 32.1 Å². The van der Waals surface area contributed by atoms with Crippen molar-refractivity contribution in [3.05, 3.63) is 48.1 Å². The van der Waals surface area contributed by atoms with Crippen LogP contribution >= 0.6 is 0 Å². The van der Waals surface area contributed by atoms with Gasteiger partial charge in [-0.25, -0.2) is 9.59 Å². The normalized spacial score (nSPS) is 15.1. The van der Waals surface area contributed by atoms with Gasteiger partial charge < -0.3 is 26.0 Å². The SMILES string of the molecule is C=C(CCC=CC=CCC(C)CC(=O)CC(O)CNC(=O)CC(C)OC(N)=O)CC(C)CC(C)=CC(=O)O. The summed E-state index contributed by atoms with van der Waals surface area (Å²) in [6.07, 6.45) is 11.0. The van der Waals surface area contributed by atoms with Crippen LogP contribution in [0.15, 0.2) is 48.1 Å².